The normalized spacial score (nSPS) is 13.5. The van der Waals surface area contributed by atoms with E-state index in [0.29, 0.717) is 30.4 Å². The molecule has 0 fully saturated rings. The highest BCUT2D eigenvalue weighted by Crippen LogP contribution is 2.32. The molecule has 0 bridgehead atoms. The lowest BCUT2D eigenvalue weighted by Gasteiger charge is -2.19. The molecule has 30 heavy (non-hydrogen) atoms. The summed E-state index contributed by atoms with van der Waals surface area (Å²) in [4.78, 5) is 3.83. The monoisotopic (exact) mass is 447 g/mol. The van der Waals surface area contributed by atoms with Gasteiger partial charge in [0.1, 0.15) is 13.2 Å². The van der Waals surface area contributed by atoms with Crippen molar-refractivity contribution in [3.63, 3.8) is 0 Å². The second-order valence-corrected chi connectivity index (χ2v) is 9.65. The van der Waals surface area contributed by atoms with Gasteiger partial charge in [-0.25, -0.2) is 16.8 Å². The zero-order valence-electron chi connectivity index (χ0n) is 15.5. The summed E-state index contributed by atoms with van der Waals surface area (Å²) >= 11 is 0. The molecule has 9 nitrogen and oxygen atoms in total. The molecule has 2 aromatic carbocycles. The Hall–Kier alpha value is -3.31. The van der Waals surface area contributed by atoms with E-state index < -0.39 is 20.0 Å². The minimum absolute atomic E-state index is 0.00157. The van der Waals surface area contributed by atoms with E-state index in [1.165, 1.54) is 54.9 Å². The summed E-state index contributed by atoms with van der Waals surface area (Å²) in [5.41, 5.74) is 0.533. The molecule has 0 radical (unpaired) electrons. The van der Waals surface area contributed by atoms with Crippen molar-refractivity contribution in [3.8, 4) is 11.5 Å². The second kappa shape index (κ2) is 7.84. The number of nitrogens with one attached hydrogen (secondary N) is 2. The van der Waals surface area contributed by atoms with Crippen LogP contribution in [0.3, 0.4) is 0 Å². The Kier molecular flexibility index (Phi) is 5.22. The van der Waals surface area contributed by atoms with Gasteiger partial charge in [0.15, 0.2) is 11.5 Å². The van der Waals surface area contributed by atoms with Gasteiger partial charge in [0.2, 0.25) is 0 Å². The molecule has 2 heterocycles. The smallest absolute Gasteiger partial charge is 0.262 e. The van der Waals surface area contributed by atoms with Gasteiger partial charge < -0.3 is 9.47 Å². The van der Waals surface area contributed by atoms with E-state index in [9.17, 15) is 16.8 Å². The van der Waals surface area contributed by atoms with Crippen molar-refractivity contribution in [2.45, 2.75) is 9.79 Å². The number of hydrogen-bond donors (Lipinski definition) is 2. The van der Waals surface area contributed by atoms with Crippen molar-refractivity contribution in [3.05, 3.63) is 67.0 Å². The van der Waals surface area contributed by atoms with Gasteiger partial charge in [-0.05, 0) is 48.5 Å². The highest BCUT2D eigenvalue weighted by atomic mass is 32.2. The van der Waals surface area contributed by atoms with Crippen molar-refractivity contribution in [1.29, 1.82) is 0 Å². The summed E-state index contributed by atoms with van der Waals surface area (Å²) < 4.78 is 65.9. The Balaban J connectivity index is 1.51. The fraction of sp³-hybridized carbons (Fsp3) is 0.105. The van der Waals surface area contributed by atoms with Crippen molar-refractivity contribution in [1.82, 2.24) is 4.98 Å². The number of ether oxygens (including phenoxy) is 2. The average Bonchev–Trinajstić information content (AvgIpc) is 2.74. The first kappa shape index (κ1) is 20.0. The summed E-state index contributed by atoms with van der Waals surface area (Å²) in [7, 11) is -7.74. The molecular formula is C19H17N3O6S2. The maximum Gasteiger partial charge on any atom is 0.262 e. The predicted octanol–water partition coefficient (Wildman–Crippen LogP) is 2.45. The molecule has 0 unspecified atom stereocenters. The Labute approximate surface area is 173 Å². The number of pyridine rings is 1. The lowest BCUT2D eigenvalue weighted by molar-refractivity contribution is 0.171. The van der Waals surface area contributed by atoms with E-state index in [4.69, 9.17) is 9.47 Å². The van der Waals surface area contributed by atoms with Gasteiger partial charge in [-0.1, -0.05) is 0 Å². The van der Waals surface area contributed by atoms with Gasteiger partial charge in [0, 0.05) is 18.0 Å². The van der Waals surface area contributed by atoms with Gasteiger partial charge in [-0.2, -0.15) is 0 Å². The Morgan fingerprint density at radius 1 is 0.733 bits per heavy atom. The average molecular weight is 447 g/mol. The topological polar surface area (TPSA) is 124 Å². The summed E-state index contributed by atoms with van der Waals surface area (Å²) in [5.74, 6) is 0.836. The van der Waals surface area contributed by atoms with Crippen molar-refractivity contribution < 1.29 is 26.3 Å². The molecule has 0 atom stereocenters. The van der Waals surface area contributed by atoms with Crippen LogP contribution in [0.2, 0.25) is 0 Å². The molecule has 1 aliphatic rings. The molecule has 4 rings (SSSR count). The molecule has 0 amide bonds. The molecule has 0 spiro atoms. The van der Waals surface area contributed by atoms with Crippen LogP contribution in [0.5, 0.6) is 11.5 Å². The van der Waals surface area contributed by atoms with Crippen LogP contribution < -0.4 is 18.9 Å². The van der Waals surface area contributed by atoms with Crippen LogP contribution in [0.1, 0.15) is 0 Å². The van der Waals surface area contributed by atoms with Crippen molar-refractivity contribution in [2.75, 3.05) is 22.7 Å². The Morgan fingerprint density at radius 2 is 1.37 bits per heavy atom. The van der Waals surface area contributed by atoms with Gasteiger partial charge in [-0.3, -0.25) is 14.4 Å². The summed E-state index contributed by atoms with van der Waals surface area (Å²) in [5, 5.41) is 0. The van der Waals surface area contributed by atoms with Crippen LogP contribution in [-0.2, 0) is 20.0 Å². The maximum absolute atomic E-state index is 12.7. The van der Waals surface area contributed by atoms with Crippen LogP contribution in [-0.4, -0.2) is 35.0 Å². The number of nitrogens with zero attached hydrogens (tertiary/aromatic N) is 1. The number of anilines is 2. The van der Waals surface area contributed by atoms with E-state index in [2.05, 4.69) is 14.4 Å². The lowest BCUT2D eigenvalue weighted by atomic mass is 10.3. The first-order valence-electron chi connectivity index (χ1n) is 8.79. The quantitative estimate of drug-likeness (QED) is 0.595. The van der Waals surface area contributed by atoms with Crippen LogP contribution in [0.15, 0.2) is 76.8 Å². The van der Waals surface area contributed by atoms with E-state index in [1.54, 1.807) is 12.1 Å². The number of rotatable bonds is 6. The Bertz CT molecular complexity index is 1260. The number of sulfonamides is 2. The summed E-state index contributed by atoms with van der Waals surface area (Å²) in [6.07, 6.45) is 2.91. The van der Waals surface area contributed by atoms with Crippen LogP contribution in [0, 0.1) is 0 Å². The largest absolute Gasteiger partial charge is 0.486 e. The van der Waals surface area contributed by atoms with Crippen molar-refractivity contribution >= 4 is 31.4 Å². The third-order valence-electron chi connectivity index (χ3n) is 4.15. The molecule has 0 saturated heterocycles. The van der Waals surface area contributed by atoms with Crippen LogP contribution in [0.4, 0.5) is 11.4 Å². The number of aromatic nitrogens is 1. The third kappa shape index (κ3) is 4.31. The molecule has 2 N–H and O–H groups in total. The van der Waals surface area contributed by atoms with Gasteiger partial charge in [0.25, 0.3) is 20.0 Å². The first-order chi connectivity index (χ1) is 14.3. The van der Waals surface area contributed by atoms with Gasteiger partial charge in [-0.15, -0.1) is 0 Å². The van der Waals surface area contributed by atoms with Gasteiger partial charge >= 0.3 is 0 Å². The number of hydrogen-bond acceptors (Lipinski definition) is 7. The highest BCUT2D eigenvalue weighted by molar-refractivity contribution is 7.93. The van der Waals surface area contributed by atoms with Crippen LogP contribution in [0.25, 0.3) is 0 Å². The van der Waals surface area contributed by atoms with Gasteiger partial charge in [0.05, 0.1) is 21.7 Å². The molecule has 1 aliphatic heterocycles. The minimum atomic E-state index is -3.90. The molecule has 0 aliphatic carbocycles. The molecule has 1 aromatic heterocycles. The minimum Gasteiger partial charge on any atom is -0.486 e. The summed E-state index contributed by atoms with van der Waals surface area (Å²) in [6.45, 7) is 0.745. The fourth-order valence-electron chi connectivity index (χ4n) is 2.74. The first-order valence-corrected chi connectivity index (χ1v) is 11.8. The third-order valence-corrected chi connectivity index (χ3v) is 6.93. The fourth-order valence-corrected chi connectivity index (χ4v) is 4.86. The summed E-state index contributed by atoms with van der Waals surface area (Å²) in [6, 6.07) is 12.8. The number of fused-ring (bicyclic) bond motifs is 1. The molecule has 11 heteroatoms. The molecule has 0 saturated carbocycles. The van der Waals surface area contributed by atoms with E-state index in [1.807, 2.05) is 0 Å². The highest BCUT2D eigenvalue weighted by Gasteiger charge is 2.20. The Morgan fingerprint density at radius 3 is 2.07 bits per heavy atom. The zero-order chi connectivity index (χ0) is 21.2. The SMILES string of the molecule is O=S(=O)(Nc1cccnc1)c1ccc(NS(=O)(=O)c2ccc3c(c2)OCCO3)cc1. The molecule has 156 valence electrons. The van der Waals surface area contributed by atoms with E-state index in [0.717, 1.165) is 0 Å². The maximum atomic E-state index is 12.7. The van der Waals surface area contributed by atoms with E-state index >= 15 is 0 Å². The second-order valence-electron chi connectivity index (χ2n) is 6.28. The van der Waals surface area contributed by atoms with Crippen molar-refractivity contribution in [2.24, 2.45) is 0 Å². The van der Waals surface area contributed by atoms with E-state index in [-0.39, 0.29) is 15.5 Å². The van der Waals surface area contributed by atoms with Crippen LogP contribution >= 0.6 is 0 Å². The molecule has 3 aromatic rings. The standard InChI is InChI=1S/C19H17N3O6S2/c23-29(24,22-15-2-1-9-20-13-15)16-5-3-14(4-6-16)21-30(25,26)17-7-8-18-19(12-17)28-11-10-27-18/h1-9,12-13,21-22H,10-11H2. The zero-order valence-corrected chi connectivity index (χ0v) is 17.1. The number of benzene rings is 2. The predicted molar refractivity (Wildman–Crippen MR) is 110 cm³/mol. The lowest BCUT2D eigenvalue weighted by Crippen LogP contribution is -2.17. The molecular weight excluding hydrogens is 430 g/mol.